The van der Waals surface area contributed by atoms with Gasteiger partial charge in [-0.15, -0.1) is 11.3 Å². The van der Waals surface area contributed by atoms with Crippen molar-refractivity contribution in [3.8, 4) is 0 Å². The fourth-order valence-electron chi connectivity index (χ4n) is 3.23. The fourth-order valence-corrected chi connectivity index (χ4v) is 4.08. The molecule has 3 amide bonds. The minimum absolute atomic E-state index is 0.0582. The van der Waals surface area contributed by atoms with E-state index in [0.717, 1.165) is 11.3 Å². The molecule has 3 rings (SSSR count). The molecule has 0 radical (unpaired) electrons. The standard InChI is InChI=1S/C25H25FN4O3S/c1-4-29(5-2)24(33)18-10-12-19(13-11-18)27-23(32)15-14-20-16-34-25(28-20)30(17(3)31)22-9-7-6-8-21(22)26/h6-16H,4-5H2,1-3H3,(H,27,32)/b15-14+. The highest BCUT2D eigenvalue weighted by atomic mass is 32.1. The quantitative estimate of drug-likeness (QED) is 0.455. The van der Waals surface area contributed by atoms with Crippen molar-refractivity contribution in [3.05, 3.63) is 77.1 Å². The minimum Gasteiger partial charge on any atom is -0.339 e. The molecule has 9 heteroatoms. The highest BCUT2D eigenvalue weighted by Gasteiger charge is 2.20. The summed E-state index contributed by atoms with van der Waals surface area (Å²) in [5, 5.41) is 4.69. The van der Waals surface area contributed by atoms with Crippen LogP contribution < -0.4 is 10.2 Å². The third kappa shape index (κ3) is 5.93. The molecule has 0 aliphatic carbocycles. The van der Waals surface area contributed by atoms with E-state index < -0.39 is 5.82 Å². The Labute approximate surface area is 201 Å². The van der Waals surface area contributed by atoms with Gasteiger partial charge >= 0.3 is 0 Å². The Bertz CT molecular complexity index is 1200. The summed E-state index contributed by atoms with van der Waals surface area (Å²) in [4.78, 5) is 44.1. The van der Waals surface area contributed by atoms with Crippen molar-refractivity contribution in [1.82, 2.24) is 9.88 Å². The van der Waals surface area contributed by atoms with Gasteiger partial charge in [0.2, 0.25) is 11.8 Å². The lowest BCUT2D eigenvalue weighted by atomic mass is 10.1. The van der Waals surface area contributed by atoms with Crippen LogP contribution in [0, 0.1) is 5.82 Å². The number of hydrogen-bond donors (Lipinski definition) is 1. The molecule has 0 fully saturated rings. The summed E-state index contributed by atoms with van der Waals surface area (Å²) < 4.78 is 14.2. The van der Waals surface area contributed by atoms with Crippen molar-refractivity contribution in [2.24, 2.45) is 0 Å². The van der Waals surface area contributed by atoms with Gasteiger partial charge in [0.05, 0.1) is 11.4 Å². The molecule has 1 heterocycles. The van der Waals surface area contributed by atoms with Gasteiger partial charge in [0.25, 0.3) is 5.91 Å². The zero-order chi connectivity index (χ0) is 24.7. The average Bonchev–Trinajstić information content (AvgIpc) is 3.28. The molecule has 0 aliphatic rings. The first-order valence-corrected chi connectivity index (χ1v) is 11.6. The first-order valence-electron chi connectivity index (χ1n) is 10.7. The maximum atomic E-state index is 14.2. The summed E-state index contributed by atoms with van der Waals surface area (Å²) in [7, 11) is 0. The number of carbonyl (C=O) groups excluding carboxylic acids is 3. The molecule has 1 aromatic heterocycles. The van der Waals surface area contributed by atoms with E-state index in [0.29, 0.717) is 35.2 Å². The number of nitrogens with zero attached hydrogens (tertiary/aromatic N) is 3. The van der Waals surface area contributed by atoms with Crippen molar-refractivity contribution in [2.45, 2.75) is 20.8 Å². The number of anilines is 3. The summed E-state index contributed by atoms with van der Waals surface area (Å²) in [5.74, 6) is -1.35. The predicted octanol–water partition coefficient (Wildman–Crippen LogP) is 5.10. The van der Waals surface area contributed by atoms with Crippen LogP contribution in [0.25, 0.3) is 6.08 Å². The van der Waals surface area contributed by atoms with E-state index in [1.165, 1.54) is 36.1 Å². The average molecular weight is 481 g/mol. The van der Waals surface area contributed by atoms with E-state index in [2.05, 4.69) is 10.3 Å². The summed E-state index contributed by atoms with van der Waals surface area (Å²) >= 11 is 1.16. The third-order valence-corrected chi connectivity index (χ3v) is 5.81. The number of amides is 3. The number of para-hydroxylation sites is 1. The van der Waals surface area contributed by atoms with Crippen LogP contribution in [-0.4, -0.2) is 40.7 Å². The Balaban J connectivity index is 1.66. The largest absolute Gasteiger partial charge is 0.339 e. The number of aromatic nitrogens is 1. The highest BCUT2D eigenvalue weighted by Crippen LogP contribution is 2.31. The Hall–Kier alpha value is -3.85. The van der Waals surface area contributed by atoms with Gasteiger partial charge in [0.1, 0.15) is 5.82 Å². The summed E-state index contributed by atoms with van der Waals surface area (Å²) in [6.45, 7) is 6.43. The lowest BCUT2D eigenvalue weighted by Gasteiger charge is -2.18. The number of benzene rings is 2. The third-order valence-electron chi connectivity index (χ3n) is 4.96. The predicted molar refractivity (Wildman–Crippen MR) is 133 cm³/mol. The van der Waals surface area contributed by atoms with Gasteiger partial charge in [-0.25, -0.2) is 9.37 Å². The minimum atomic E-state index is -0.533. The topological polar surface area (TPSA) is 82.6 Å². The smallest absolute Gasteiger partial charge is 0.253 e. The zero-order valence-electron chi connectivity index (χ0n) is 19.1. The Morgan fingerprint density at radius 3 is 2.35 bits per heavy atom. The first kappa shape index (κ1) is 24.8. The Morgan fingerprint density at radius 2 is 1.74 bits per heavy atom. The Kier molecular flexibility index (Phi) is 8.26. The van der Waals surface area contributed by atoms with Gasteiger partial charge in [0.15, 0.2) is 5.13 Å². The molecule has 7 nitrogen and oxygen atoms in total. The molecule has 0 spiro atoms. The highest BCUT2D eigenvalue weighted by molar-refractivity contribution is 7.14. The number of hydrogen-bond acceptors (Lipinski definition) is 5. The van der Waals surface area contributed by atoms with Gasteiger partial charge in [-0.1, -0.05) is 12.1 Å². The molecule has 0 bridgehead atoms. The van der Waals surface area contributed by atoms with E-state index in [9.17, 15) is 18.8 Å². The van der Waals surface area contributed by atoms with Gasteiger partial charge < -0.3 is 10.2 Å². The number of rotatable bonds is 8. The lowest BCUT2D eigenvalue weighted by Crippen LogP contribution is -2.30. The molecule has 3 aromatic rings. The number of halogens is 1. The second kappa shape index (κ2) is 11.3. The van der Waals surface area contributed by atoms with Crippen molar-refractivity contribution in [2.75, 3.05) is 23.3 Å². The number of nitrogens with one attached hydrogen (secondary N) is 1. The second-order valence-electron chi connectivity index (χ2n) is 7.24. The van der Waals surface area contributed by atoms with Crippen LogP contribution in [0.2, 0.25) is 0 Å². The van der Waals surface area contributed by atoms with Crippen LogP contribution in [0.3, 0.4) is 0 Å². The molecule has 0 unspecified atom stereocenters. The fraction of sp³-hybridized carbons (Fsp3) is 0.200. The first-order chi connectivity index (χ1) is 16.3. The molecule has 0 saturated heterocycles. The molecule has 0 atom stereocenters. The van der Waals surface area contributed by atoms with Crippen molar-refractivity contribution in [1.29, 1.82) is 0 Å². The van der Waals surface area contributed by atoms with Crippen LogP contribution in [0.1, 0.15) is 36.8 Å². The SMILES string of the molecule is CCN(CC)C(=O)c1ccc(NC(=O)/C=C/c2csc(N(C(C)=O)c3ccccc3F)n2)cc1. The molecule has 34 heavy (non-hydrogen) atoms. The maximum Gasteiger partial charge on any atom is 0.253 e. The maximum absolute atomic E-state index is 14.2. The van der Waals surface area contributed by atoms with Crippen LogP contribution >= 0.6 is 11.3 Å². The van der Waals surface area contributed by atoms with Crippen molar-refractivity contribution in [3.63, 3.8) is 0 Å². The van der Waals surface area contributed by atoms with Gasteiger partial charge in [0, 0.05) is 42.7 Å². The van der Waals surface area contributed by atoms with Crippen LogP contribution in [0.5, 0.6) is 0 Å². The van der Waals surface area contributed by atoms with Crippen LogP contribution in [0.4, 0.5) is 20.9 Å². The molecular formula is C25H25FN4O3S. The van der Waals surface area contributed by atoms with E-state index >= 15 is 0 Å². The van der Waals surface area contributed by atoms with E-state index in [-0.39, 0.29) is 23.4 Å². The monoisotopic (exact) mass is 480 g/mol. The molecule has 176 valence electrons. The van der Waals surface area contributed by atoms with Gasteiger partial charge in [-0.3, -0.25) is 19.3 Å². The van der Waals surface area contributed by atoms with Crippen LogP contribution in [0.15, 0.2) is 60.0 Å². The molecule has 1 N–H and O–H groups in total. The normalized spacial score (nSPS) is 10.8. The van der Waals surface area contributed by atoms with Gasteiger partial charge in [-0.2, -0.15) is 0 Å². The van der Waals surface area contributed by atoms with Gasteiger partial charge in [-0.05, 0) is 56.3 Å². The van der Waals surface area contributed by atoms with Crippen molar-refractivity contribution >= 4 is 51.6 Å². The van der Waals surface area contributed by atoms with E-state index in [4.69, 9.17) is 0 Å². The zero-order valence-corrected chi connectivity index (χ0v) is 19.9. The van der Waals surface area contributed by atoms with E-state index in [1.54, 1.807) is 46.7 Å². The second-order valence-corrected chi connectivity index (χ2v) is 8.07. The summed E-state index contributed by atoms with van der Waals surface area (Å²) in [5.41, 5.74) is 1.67. The molecular weight excluding hydrogens is 455 g/mol. The van der Waals surface area contributed by atoms with E-state index in [1.807, 2.05) is 13.8 Å². The number of carbonyl (C=O) groups is 3. The molecule has 0 aliphatic heterocycles. The molecule has 2 aromatic carbocycles. The molecule has 0 saturated carbocycles. The summed E-state index contributed by atoms with van der Waals surface area (Å²) in [6.07, 6.45) is 2.82. The summed E-state index contributed by atoms with van der Waals surface area (Å²) in [6, 6.07) is 12.6. The van der Waals surface area contributed by atoms with Crippen LogP contribution in [-0.2, 0) is 9.59 Å². The number of thiazole rings is 1. The lowest BCUT2D eigenvalue weighted by molar-refractivity contribution is -0.116. The van der Waals surface area contributed by atoms with Crippen molar-refractivity contribution < 1.29 is 18.8 Å². The Morgan fingerprint density at radius 1 is 1.06 bits per heavy atom.